The van der Waals surface area contributed by atoms with Crippen molar-refractivity contribution in [3.05, 3.63) is 36.1 Å². The largest absolute Gasteiger partial charge is 0.467 e. The van der Waals surface area contributed by atoms with Crippen LogP contribution in [0.1, 0.15) is 32.3 Å². The van der Waals surface area contributed by atoms with E-state index in [1.807, 2.05) is 6.07 Å². The first-order valence-corrected chi connectivity index (χ1v) is 7.32. The zero-order chi connectivity index (χ0) is 14.6. The Morgan fingerprint density at radius 1 is 1.45 bits per heavy atom. The molecule has 0 spiro atoms. The maximum absolute atomic E-state index is 11.7. The van der Waals surface area contributed by atoms with Crippen LogP contribution in [0.15, 0.2) is 38.6 Å². The van der Waals surface area contributed by atoms with Crippen LogP contribution in [0.5, 0.6) is 0 Å². The Labute approximate surface area is 122 Å². The van der Waals surface area contributed by atoms with Crippen molar-refractivity contribution in [3.8, 4) is 0 Å². The van der Waals surface area contributed by atoms with Crippen LogP contribution in [-0.2, 0) is 16.8 Å². The van der Waals surface area contributed by atoms with Gasteiger partial charge in [-0.1, -0.05) is 32.5 Å². The molecule has 2 heterocycles. The molecule has 2 aromatic heterocycles. The van der Waals surface area contributed by atoms with Crippen molar-refractivity contribution in [2.75, 3.05) is 5.75 Å². The van der Waals surface area contributed by atoms with Crippen LogP contribution < -0.4 is 5.32 Å². The Morgan fingerprint density at radius 2 is 2.25 bits per heavy atom. The molecule has 0 saturated carbocycles. The number of rotatable bonds is 5. The van der Waals surface area contributed by atoms with Gasteiger partial charge < -0.3 is 14.2 Å². The Morgan fingerprint density at radius 3 is 2.85 bits per heavy atom. The molecule has 1 amide bonds. The third-order valence-corrected chi connectivity index (χ3v) is 3.43. The molecule has 6 heteroatoms. The van der Waals surface area contributed by atoms with E-state index < -0.39 is 0 Å². The zero-order valence-electron chi connectivity index (χ0n) is 11.8. The molecule has 0 unspecified atom stereocenters. The van der Waals surface area contributed by atoms with Crippen LogP contribution in [0.4, 0.5) is 0 Å². The number of thioether (sulfide) groups is 1. The lowest BCUT2D eigenvalue weighted by Gasteiger charge is -2.12. The Kier molecular flexibility index (Phi) is 4.54. The molecular formula is C14H18N2O3S. The Hall–Kier alpha value is -1.69. The van der Waals surface area contributed by atoms with Crippen LogP contribution in [0.3, 0.4) is 0 Å². The second kappa shape index (κ2) is 6.17. The van der Waals surface area contributed by atoms with Crippen molar-refractivity contribution in [1.29, 1.82) is 0 Å². The fourth-order valence-electron chi connectivity index (χ4n) is 1.45. The van der Waals surface area contributed by atoms with Crippen LogP contribution in [-0.4, -0.2) is 16.6 Å². The first-order valence-electron chi connectivity index (χ1n) is 6.33. The molecule has 0 atom stereocenters. The maximum atomic E-state index is 11.7. The van der Waals surface area contributed by atoms with Crippen molar-refractivity contribution in [2.45, 2.75) is 38.0 Å². The first kappa shape index (κ1) is 14.7. The summed E-state index contributed by atoms with van der Waals surface area (Å²) in [5, 5.41) is 3.29. The standard InChI is InChI=1S/C14H18N2O3S/c1-14(2,3)11-8-16-13(19-11)20-9-12(17)15-7-10-5-4-6-18-10/h4-6,8H,7,9H2,1-3H3,(H,15,17). The zero-order valence-corrected chi connectivity index (χ0v) is 12.6. The second-order valence-corrected chi connectivity index (χ2v) is 6.31. The van der Waals surface area contributed by atoms with Gasteiger partial charge in [0.25, 0.3) is 5.22 Å². The first-order chi connectivity index (χ1) is 9.45. The number of aromatic nitrogens is 1. The van der Waals surface area contributed by atoms with E-state index in [2.05, 4.69) is 31.1 Å². The van der Waals surface area contributed by atoms with Crippen molar-refractivity contribution >= 4 is 17.7 Å². The molecule has 2 rings (SSSR count). The highest BCUT2D eigenvalue weighted by Gasteiger charge is 2.19. The molecule has 20 heavy (non-hydrogen) atoms. The van der Waals surface area contributed by atoms with Gasteiger partial charge in [0.15, 0.2) is 0 Å². The molecule has 0 aliphatic rings. The minimum absolute atomic E-state index is 0.0760. The number of amides is 1. The minimum Gasteiger partial charge on any atom is -0.467 e. The molecule has 0 radical (unpaired) electrons. The predicted octanol–water partition coefficient (Wildman–Crippen LogP) is 2.97. The Balaban J connectivity index is 1.77. The van der Waals surface area contributed by atoms with Crippen molar-refractivity contribution < 1.29 is 13.6 Å². The predicted molar refractivity (Wildman–Crippen MR) is 76.5 cm³/mol. The van der Waals surface area contributed by atoms with Gasteiger partial charge in [0.1, 0.15) is 11.5 Å². The van der Waals surface area contributed by atoms with Gasteiger partial charge in [0.2, 0.25) is 5.91 Å². The van der Waals surface area contributed by atoms with E-state index in [0.717, 1.165) is 11.5 Å². The number of oxazole rings is 1. The number of hydrogen-bond donors (Lipinski definition) is 1. The molecule has 2 aromatic rings. The molecular weight excluding hydrogens is 276 g/mol. The fourth-order valence-corrected chi connectivity index (χ4v) is 2.08. The monoisotopic (exact) mass is 294 g/mol. The summed E-state index contributed by atoms with van der Waals surface area (Å²) in [6.07, 6.45) is 3.29. The molecule has 0 bridgehead atoms. The van der Waals surface area contributed by atoms with E-state index in [-0.39, 0.29) is 17.1 Å². The summed E-state index contributed by atoms with van der Waals surface area (Å²) >= 11 is 1.28. The van der Waals surface area contributed by atoms with Crippen molar-refractivity contribution in [2.24, 2.45) is 0 Å². The summed E-state index contributed by atoms with van der Waals surface area (Å²) in [5.74, 6) is 1.73. The molecule has 0 saturated heterocycles. The van der Waals surface area contributed by atoms with E-state index >= 15 is 0 Å². The van der Waals surface area contributed by atoms with E-state index in [1.54, 1.807) is 18.5 Å². The number of carbonyl (C=O) groups excluding carboxylic acids is 1. The van der Waals surface area contributed by atoms with Crippen LogP contribution >= 0.6 is 11.8 Å². The van der Waals surface area contributed by atoms with Crippen LogP contribution in [0.25, 0.3) is 0 Å². The maximum Gasteiger partial charge on any atom is 0.256 e. The molecule has 1 N–H and O–H groups in total. The highest BCUT2D eigenvalue weighted by Crippen LogP contribution is 2.26. The van der Waals surface area contributed by atoms with Crippen molar-refractivity contribution in [3.63, 3.8) is 0 Å². The van der Waals surface area contributed by atoms with Gasteiger partial charge >= 0.3 is 0 Å². The van der Waals surface area contributed by atoms with Gasteiger partial charge in [0.05, 0.1) is 24.8 Å². The third kappa shape index (κ3) is 4.16. The molecule has 0 aromatic carbocycles. The lowest BCUT2D eigenvalue weighted by atomic mass is 9.94. The molecule has 0 aliphatic carbocycles. The smallest absolute Gasteiger partial charge is 0.256 e. The van der Waals surface area contributed by atoms with E-state index in [0.29, 0.717) is 11.8 Å². The molecule has 108 valence electrons. The van der Waals surface area contributed by atoms with E-state index in [9.17, 15) is 4.79 Å². The molecule has 0 aliphatic heterocycles. The summed E-state index contributed by atoms with van der Waals surface area (Å²) in [6.45, 7) is 6.55. The lowest BCUT2D eigenvalue weighted by Crippen LogP contribution is -2.24. The van der Waals surface area contributed by atoms with E-state index in [1.165, 1.54) is 11.8 Å². The van der Waals surface area contributed by atoms with Crippen molar-refractivity contribution in [1.82, 2.24) is 10.3 Å². The topological polar surface area (TPSA) is 68.3 Å². The van der Waals surface area contributed by atoms with Gasteiger partial charge in [-0.2, -0.15) is 0 Å². The number of hydrogen-bond acceptors (Lipinski definition) is 5. The molecule has 0 fully saturated rings. The van der Waals surface area contributed by atoms with Crippen LogP contribution in [0, 0.1) is 0 Å². The summed E-state index contributed by atoms with van der Waals surface area (Å²) in [7, 11) is 0. The SMILES string of the molecule is CC(C)(C)c1cnc(SCC(=O)NCc2ccco2)o1. The van der Waals surface area contributed by atoms with Crippen LogP contribution in [0.2, 0.25) is 0 Å². The lowest BCUT2D eigenvalue weighted by molar-refractivity contribution is -0.118. The third-order valence-electron chi connectivity index (χ3n) is 2.59. The quantitative estimate of drug-likeness (QED) is 0.859. The summed E-state index contributed by atoms with van der Waals surface area (Å²) < 4.78 is 10.7. The average Bonchev–Trinajstić information content (AvgIpc) is 3.04. The number of nitrogens with zero attached hydrogens (tertiary/aromatic N) is 1. The van der Waals surface area contributed by atoms with Gasteiger partial charge in [-0.3, -0.25) is 4.79 Å². The number of furan rings is 1. The summed E-state index contributed by atoms with van der Waals surface area (Å²) in [5.41, 5.74) is -0.0760. The normalized spacial score (nSPS) is 11.6. The molecule has 5 nitrogen and oxygen atoms in total. The average molecular weight is 294 g/mol. The highest BCUT2D eigenvalue weighted by molar-refractivity contribution is 7.99. The van der Waals surface area contributed by atoms with Gasteiger partial charge in [-0.25, -0.2) is 4.98 Å². The highest BCUT2D eigenvalue weighted by atomic mass is 32.2. The summed E-state index contributed by atoms with van der Waals surface area (Å²) in [6, 6.07) is 3.61. The Bertz CT molecular complexity index is 555. The number of carbonyl (C=O) groups is 1. The van der Waals surface area contributed by atoms with E-state index in [4.69, 9.17) is 8.83 Å². The second-order valence-electron chi connectivity index (χ2n) is 5.39. The minimum atomic E-state index is -0.0816. The van der Waals surface area contributed by atoms with Gasteiger partial charge in [0, 0.05) is 5.41 Å². The van der Waals surface area contributed by atoms with Gasteiger partial charge in [-0.05, 0) is 12.1 Å². The summed E-state index contributed by atoms with van der Waals surface area (Å²) in [4.78, 5) is 15.8. The fraction of sp³-hybridized carbons (Fsp3) is 0.429. The van der Waals surface area contributed by atoms with Gasteiger partial charge in [-0.15, -0.1) is 0 Å². The number of nitrogens with one attached hydrogen (secondary N) is 1.